The largest absolute Gasteiger partial charge is 0.496 e. The van der Waals surface area contributed by atoms with Crippen molar-refractivity contribution in [1.82, 2.24) is 4.98 Å². The Bertz CT molecular complexity index is 1180. The molecule has 0 aliphatic heterocycles. The van der Waals surface area contributed by atoms with E-state index in [-0.39, 0.29) is 33.6 Å². The molecule has 2 N–H and O–H groups in total. The summed E-state index contributed by atoms with van der Waals surface area (Å²) in [5, 5.41) is 15.3. The number of hydrogen-bond acceptors (Lipinski definition) is 8. The lowest BCUT2D eigenvalue weighted by Gasteiger charge is -2.07. The third-order valence-corrected chi connectivity index (χ3v) is 6.13. The van der Waals surface area contributed by atoms with Crippen molar-refractivity contribution < 1.29 is 22.9 Å². The Hall–Kier alpha value is -3.51. The minimum atomic E-state index is -3.79. The van der Waals surface area contributed by atoms with Crippen LogP contribution in [0.15, 0.2) is 58.8 Å². The average Bonchev–Trinajstić information content (AvgIpc) is 3.14. The molecule has 2 aromatic carbocycles. The highest BCUT2D eigenvalue weighted by atomic mass is 32.2. The number of nitrogens with zero attached hydrogens (tertiary/aromatic N) is 2. The first-order valence-corrected chi connectivity index (χ1v) is 10.8. The van der Waals surface area contributed by atoms with Crippen molar-refractivity contribution in [3.63, 3.8) is 0 Å². The van der Waals surface area contributed by atoms with Gasteiger partial charge in [-0.15, -0.1) is 11.3 Å². The lowest BCUT2D eigenvalue weighted by Crippen LogP contribution is -2.16. The number of anilines is 2. The standard InChI is InChI=1S/C18H16N4O6S2/c1-28-13-7-8-15(16(10-13)22(24)25)20-17(23)9-12-11-29-18(19-12)21-30(26,27)14-5-3-2-4-6-14/h2-8,10-11H,9H2,1H3,(H,19,21)(H,20,23). The summed E-state index contributed by atoms with van der Waals surface area (Å²) in [7, 11) is -2.41. The quantitative estimate of drug-likeness (QED) is 0.398. The summed E-state index contributed by atoms with van der Waals surface area (Å²) in [5.74, 6) is -0.249. The number of hydrogen-bond donors (Lipinski definition) is 2. The third kappa shape index (κ3) is 5.10. The van der Waals surface area contributed by atoms with E-state index < -0.39 is 20.9 Å². The number of aromatic nitrogens is 1. The Morgan fingerprint density at radius 2 is 1.97 bits per heavy atom. The normalized spacial score (nSPS) is 11.0. The van der Waals surface area contributed by atoms with Crippen LogP contribution in [0.4, 0.5) is 16.5 Å². The molecule has 12 heteroatoms. The van der Waals surface area contributed by atoms with Gasteiger partial charge < -0.3 is 10.1 Å². The Labute approximate surface area is 175 Å². The number of nitro groups is 1. The third-order valence-electron chi connectivity index (χ3n) is 3.84. The van der Waals surface area contributed by atoms with Crippen molar-refractivity contribution in [1.29, 1.82) is 0 Å². The van der Waals surface area contributed by atoms with Crippen molar-refractivity contribution in [2.24, 2.45) is 0 Å². The minimum Gasteiger partial charge on any atom is -0.496 e. The fraction of sp³-hybridized carbons (Fsp3) is 0.111. The molecule has 1 aromatic heterocycles. The van der Waals surface area contributed by atoms with Crippen molar-refractivity contribution in [2.45, 2.75) is 11.3 Å². The summed E-state index contributed by atoms with van der Waals surface area (Å²) >= 11 is 1.03. The van der Waals surface area contributed by atoms with Gasteiger partial charge in [-0.1, -0.05) is 18.2 Å². The predicted molar refractivity (Wildman–Crippen MR) is 111 cm³/mol. The summed E-state index contributed by atoms with van der Waals surface area (Å²) in [6, 6.07) is 11.9. The van der Waals surface area contributed by atoms with E-state index in [2.05, 4.69) is 15.0 Å². The van der Waals surface area contributed by atoms with E-state index >= 15 is 0 Å². The summed E-state index contributed by atoms with van der Waals surface area (Å²) in [4.78, 5) is 27.1. The zero-order chi connectivity index (χ0) is 21.7. The topological polar surface area (TPSA) is 141 Å². The van der Waals surface area contributed by atoms with Crippen LogP contribution in [0.5, 0.6) is 5.75 Å². The second-order valence-electron chi connectivity index (χ2n) is 5.93. The maximum Gasteiger partial charge on any atom is 0.296 e. The van der Waals surface area contributed by atoms with E-state index in [9.17, 15) is 23.3 Å². The van der Waals surface area contributed by atoms with Crippen LogP contribution >= 0.6 is 11.3 Å². The molecule has 30 heavy (non-hydrogen) atoms. The van der Waals surface area contributed by atoms with Crippen molar-refractivity contribution in [3.05, 3.63) is 69.7 Å². The van der Waals surface area contributed by atoms with E-state index in [4.69, 9.17) is 4.74 Å². The van der Waals surface area contributed by atoms with E-state index in [1.54, 1.807) is 18.2 Å². The van der Waals surface area contributed by atoms with Crippen molar-refractivity contribution >= 4 is 43.8 Å². The number of ether oxygens (including phenoxy) is 1. The Balaban J connectivity index is 1.68. The van der Waals surface area contributed by atoms with Crippen LogP contribution in [0.2, 0.25) is 0 Å². The highest BCUT2D eigenvalue weighted by molar-refractivity contribution is 7.93. The van der Waals surface area contributed by atoms with Crippen molar-refractivity contribution in [2.75, 3.05) is 17.1 Å². The molecule has 0 fully saturated rings. The van der Waals surface area contributed by atoms with Crippen LogP contribution in [0.25, 0.3) is 0 Å². The molecule has 0 radical (unpaired) electrons. The molecule has 0 saturated heterocycles. The molecular weight excluding hydrogens is 432 g/mol. The Morgan fingerprint density at radius 3 is 2.63 bits per heavy atom. The number of amides is 1. The molecule has 0 aliphatic rings. The maximum absolute atomic E-state index is 12.3. The lowest BCUT2D eigenvalue weighted by molar-refractivity contribution is -0.384. The Morgan fingerprint density at radius 1 is 1.23 bits per heavy atom. The van der Waals surface area contributed by atoms with E-state index in [1.807, 2.05) is 0 Å². The van der Waals surface area contributed by atoms with E-state index in [0.717, 1.165) is 11.3 Å². The maximum atomic E-state index is 12.3. The van der Waals surface area contributed by atoms with Gasteiger partial charge >= 0.3 is 0 Å². The molecule has 1 heterocycles. The van der Waals surface area contributed by atoms with Crippen LogP contribution in [-0.4, -0.2) is 31.3 Å². The first-order valence-electron chi connectivity index (χ1n) is 8.43. The minimum absolute atomic E-state index is 0.0195. The number of sulfonamides is 1. The van der Waals surface area contributed by atoms with Crippen LogP contribution in [-0.2, 0) is 21.2 Å². The van der Waals surface area contributed by atoms with Crippen molar-refractivity contribution in [3.8, 4) is 5.75 Å². The van der Waals surface area contributed by atoms with Gasteiger partial charge in [-0.2, -0.15) is 0 Å². The molecule has 3 rings (SSSR count). The van der Waals surface area contributed by atoms with Crippen LogP contribution < -0.4 is 14.8 Å². The van der Waals surface area contributed by atoms with Crippen LogP contribution in [0.3, 0.4) is 0 Å². The second kappa shape index (κ2) is 8.88. The van der Waals surface area contributed by atoms with Gasteiger partial charge in [0.25, 0.3) is 15.7 Å². The van der Waals surface area contributed by atoms with Gasteiger partial charge in [0.1, 0.15) is 11.4 Å². The first kappa shape index (κ1) is 21.2. The number of carbonyl (C=O) groups is 1. The number of nitro benzene ring substituents is 1. The van der Waals surface area contributed by atoms with E-state index in [1.165, 1.54) is 42.8 Å². The SMILES string of the molecule is COc1ccc(NC(=O)Cc2csc(NS(=O)(=O)c3ccccc3)n2)c([N+](=O)[O-])c1. The number of thiazole rings is 1. The highest BCUT2D eigenvalue weighted by Crippen LogP contribution is 2.29. The van der Waals surface area contributed by atoms with Crippen LogP contribution in [0, 0.1) is 10.1 Å². The zero-order valence-corrected chi connectivity index (χ0v) is 17.2. The van der Waals surface area contributed by atoms with Gasteiger partial charge in [-0.05, 0) is 24.3 Å². The Kier molecular flexibility index (Phi) is 6.28. The summed E-state index contributed by atoms with van der Waals surface area (Å²) in [6.45, 7) is 0. The molecule has 10 nitrogen and oxygen atoms in total. The van der Waals surface area contributed by atoms with Gasteiger partial charge in [0.15, 0.2) is 5.13 Å². The average molecular weight is 448 g/mol. The number of carbonyl (C=O) groups excluding carboxylic acids is 1. The molecule has 0 saturated carbocycles. The molecule has 0 bridgehead atoms. The molecule has 3 aromatic rings. The number of rotatable bonds is 8. The highest BCUT2D eigenvalue weighted by Gasteiger charge is 2.19. The fourth-order valence-electron chi connectivity index (χ4n) is 2.46. The molecule has 1 amide bonds. The number of benzene rings is 2. The number of nitrogens with one attached hydrogen (secondary N) is 2. The zero-order valence-electron chi connectivity index (χ0n) is 15.6. The summed E-state index contributed by atoms with van der Waals surface area (Å²) < 4.78 is 32.0. The lowest BCUT2D eigenvalue weighted by atomic mass is 10.2. The van der Waals surface area contributed by atoms with Gasteiger partial charge in [-0.3, -0.25) is 19.6 Å². The predicted octanol–water partition coefficient (Wildman–Crippen LogP) is 3.04. The van der Waals surface area contributed by atoms with E-state index in [0.29, 0.717) is 5.69 Å². The monoisotopic (exact) mass is 448 g/mol. The first-order chi connectivity index (χ1) is 14.3. The molecule has 0 atom stereocenters. The van der Waals surface area contributed by atoms with Gasteiger partial charge in [-0.25, -0.2) is 13.4 Å². The van der Waals surface area contributed by atoms with Gasteiger partial charge in [0, 0.05) is 5.38 Å². The smallest absolute Gasteiger partial charge is 0.296 e. The van der Waals surface area contributed by atoms with Crippen LogP contribution in [0.1, 0.15) is 5.69 Å². The molecule has 0 aliphatic carbocycles. The summed E-state index contributed by atoms with van der Waals surface area (Å²) in [6.07, 6.45) is -0.188. The summed E-state index contributed by atoms with van der Waals surface area (Å²) in [5.41, 5.74) is 0.0303. The number of methoxy groups -OCH3 is 1. The fourth-order valence-corrected chi connectivity index (χ4v) is 4.45. The van der Waals surface area contributed by atoms with Gasteiger partial charge in [0.2, 0.25) is 5.91 Å². The second-order valence-corrected chi connectivity index (χ2v) is 8.47. The van der Waals surface area contributed by atoms with Gasteiger partial charge in [0.05, 0.1) is 35.1 Å². The molecular formula is C18H16N4O6S2. The molecule has 156 valence electrons. The molecule has 0 unspecified atom stereocenters. The molecule has 0 spiro atoms.